The summed E-state index contributed by atoms with van der Waals surface area (Å²) in [4.78, 5) is 22.7. The molecule has 0 atom stereocenters. The summed E-state index contributed by atoms with van der Waals surface area (Å²) in [6.07, 6.45) is 8.66. The van der Waals surface area contributed by atoms with Crippen LogP contribution in [-0.2, 0) is 17.1 Å². The SMILES string of the molecule is COc1ccc2c3c4nc(c(-c5c(C)cc(C)cc5C)c5ccc([n-]5)c(-c5c(C)cc(C)cc5C)c5nc(c(-c6c(C)cc(C)cc6C)c6cc(c3[n-]6)c3c(OC)ccc1c23)C=C5)C=C4.[Cu+2]. The Labute approximate surface area is 396 Å². The van der Waals surface area contributed by atoms with Crippen molar-refractivity contribution in [3.8, 4) is 44.9 Å². The van der Waals surface area contributed by atoms with Gasteiger partial charge < -0.3 is 19.4 Å². The largest absolute Gasteiger partial charge is 2.00 e. The first-order valence-corrected chi connectivity index (χ1v) is 22.4. The van der Waals surface area contributed by atoms with E-state index in [1.165, 1.54) is 50.1 Å². The molecule has 3 aromatic heterocycles. The molecule has 11 rings (SSSR count). The van der Waals surface area contributed by atoms with Gasteiger partial charge in [-0.1, -0.05) is 71.3 Å². The zero-order chi connectivity index (χ0) is 45.2. The van der Waals surface area contributed by atoms with Crippen LogP contribution in [-0.4, -0.2) is 24.2 Å². The fourth-order valence-corrected chi connectivity index (χ4v) is 11.3. The van der Waals surface area contributed by atoms with Gasteiger partial charge in [-0.05, 0) is 194 Å². The van der Waals surface area contributed by atoms with Crippen LogP contribution in [0.25, 0.3) is 112 Å². The molecule has 5 heterocycles. The van der Waals surface area contributed by atoms with Gasteiger partial charge in [0.2, 0.25) is 0 Å². The van der Waals surface area contributed by atoms with E-state index in [0.717, 1.165) is 122 Å². The van der Waals surface area contributed by atoms with Crippen LogP contribution in [0.1, 0.15) is 72.8 Å². The van der Waals surface area contributed by atoms with Crippen LogP contribution < -0.4 is 19.4 Å². The number of aryl methyl sites for hydroxylation is 9. The molecule has 6 aromatic carbocycles. The molecule has 0 unspecified atom stereocenters. The number of hydrogen-bond donors (Lipinski definition) is 0. The smallest absolute Gasteiger partial charge is 0.657 e. The third-order valence-electron chi connectivity index (χ3n) is 13.6. The van der Waals surface area contributed by atoms with Crippen molar-refractivity contribution < 1.29 is 26.5 Å². The van der Waals surface area contributed by atoms with Crippen molar-refractivity contribution in [1.29, 1.82) is 0 Å². The van der Waals surface area contributed by atoms with E-state index in [9.17, 15) is 0 Å². The second-order valence-corrected chi connectivity index (χ2v) is 18.3. The van der Waals surface area contributed by atoms with E-state index in [1.54, 1.807) is 14.2 Å². The number of hydrogen-bond acceptors (Lipinski definition) is 4. The van der Waals surface area contributed by atoms with E-state index in [-0.39, 0.29) is 17.1 Å². The Morgan fingerprint density at radius 3 is 1.24 bits per heavy atom. The Morgan fingerprint density at radius 2 is 0.773 bits per heavy atom. The molecule has 2 aliphatic heterocycles. The monoisotopic (exact) mass is 909 g/mol. The molecule has 329 valence electrons. The summed E-state index contributed by atoms with van der Waals surface area (Å²) in [6.45, 7) is 19.7. The van der Waals surface area contributed by atoms with Crippen molar-refractivity contribution in [3.63, 3.8) is 0 Å². The molecule has 1 radical (unpaired) electrons. The van der Waals surface area contributed by atoms with Gasteiger partial charge in [0.25, 0.3) is 0 Å². The maximum atomic E-state index is 6.22. The quantitative estimate of drug-likeness (QED) is 0.160. The molecule has 6 nitrogen and oxygen atoms in total. The molecule has 0 N–H and O–H groups in total. The van der Waals surface area contributed by atoms with Crippen molar-refractivity contribution in [2.45, 2.75) is 62.3 Å². The Balaban J connectivity index is 0.00000511. The first kappa shape index (κ1) is 43.0. The van der Waals surface area contributed by atoms with Crippen LogP contribution in [0.5, 0.6) is 11.5 Å². The normalized spacial score (nSPS) is 12.2. The predicted octanol–water partition coefficient (Wildman–Crippen LogP) is 14.6. The van der Waals surface area contributed by atoms with E-state index in [0.29, 0.717) is 0 Å². The van der Waals surface area contributed by atoms with Gasteiger partial charge in [-0.25, -0.2) is 9.97 Å². The van der Waals surface area contributed by atoms with Gasteiger partial charge in [0.15, 0.2) is 0 Å². The number of benzene rings is 6. The zero-order valence-corrected chi connectivity index (χ0v) is 40.2. The molecule has 0 saturated carbocycles. The molecule has 66 heavy (non-hydrogen) atoms. The summed E-state index contributed by atoms with van der Waals surface area (Å²) in [5.74, 6) is 1.56. The summed E-state index contributed by atoms with van der Waals surface area (Å²) in [6, 6.07) is 28.5. The van der Waals surface area contributed by atoms with Crippen molar-refractivity contribution in [3.05, 3.63) is 152 Å². The Bertz CT molecular complexity index is 3720. The number of aromatic nitrogens is 4. The summed E-state index contributed by atoms with van der Waals surface area (Å²) in [5, 5.41) is 5.99. The summed E-state index contributed by atoms with van der Waals surface area (Å²) in [5.41, 5.74) is 23.9. The number of fused-ring (bicyclic) bond motifs is 10. The molecule has 2 aliphatic rings. The molecule has 0 saturated heterocycles. The first-order chi connectivity index (χ1) is 31.3. The van der Waals surface area contributed by atoms with Gasteiger partial charge in [-0.15, -0.1) is 22.1 Å². The summed E-state index contributed by atoms with van der Waals surface area (Å²) in [7, 11) is 3.47. The van der Waals surface area contributed by atoms with Gasteiger partial charge in [0.1, 0.15) is 11.5 Å². The minimum atomic E-state index is 0. The molecular weight excluding hydrogens is 860 g/mol. The minimum Gasteiger partial charge on any atom is -0.657 e. The van der Waals surface area contributed by atoms with Crippen LogP contribution in [0.4, 0.5) is 0 Å². The second-order valence-electron chi connectivity index (χ2n) is 18.3. The third-order valence-corrected chi connectivity index (χ3v) is 13.6. The maximum absolute atomic E-state index is 6.22. The molecule has 7 heteroatoms. The molecule has 0 fully saturated rings. The molecule has 0 spiro atoms. The van der Waals surface area contributed by atoms with Gasteiger partial charge in [-0.2, -0.15) is 0 Å². The van der Waals surface area contributed by atoms with Crippen molar-refractivity contribution >= 4 is 78.7 Å². The van der Waals surface area contributed by atoms with Crippen LogP contribution >= 0.6 is 0 Å². The van der Waals surface area contributed by atoms with Crippen LogP contribution in [0.3, 0.4) is 0 Å². The van der Waals surface area contributed by atoms with E-state index in [2.05, 4.69) is 159 Å². The van der Waals surface area contributed by atoms with E-state index >= 15 is 0 Å². The zero-order valence-electron chi connectivity index (χ0n) is 39.2. The molecule has 0 aliphatic carbocycles. The topological polar surface area (TPSA) is 72.4 Å². The van der Waals surface area contributed by atoms with Crippen molar-refractivity contribution in [1.82, 2.24) is 19.9 Å². The first-order valence-electron chi connectivity index (χ1n) is 22.4. The Kier molecular flexibility index (Phi) is 10.4. The predicted molar refractivity (Wildman–Crippen MR) is 273 cm³/mol. The molecule has 9 aromatic rings. The van der Waals surface area contributed by atoms with E-state index in [1.807, 2.05) is 6.07 Å². The third kappa shape index (κ3) is 6.51. The maximum Gasteiger partial charge on any atom is 2.00 e. The minimum absolute atomic E-state index is 0. The average molecular weight is 911 g/mol. The second kappa shape index (κ2) is 15.9. The number of ether oxygens (including phenoxy) is 2. The van der Waals surface area contributed by atoms with Crippen molar-refractivity contribution in [2.24, 2.45) is 0 Å². The fraction of sp³-hybridized carbons (Fsp3) is 0.186. The summed E-state index contributed by atoms with van der Waals surface area (Å²) < 4.78 is 12.2. The Morgan fingerprint density at radius 1 is 0.364 bits per heavy atom. The van der Waals surface area contributed by atoms with Crippen LogP contribution in [0, 0.1) is 62.3 Å². The average Bonchev–Trinajstić information content (AvgIpc) is 4.10. The number of methoxy groups -OCH3 is 2. The van der Waals surface area contributed by atoms with Crippen molar-refractivity contribution in [2.75, 3.05) is 14.2 Å². The standard InChI is InChI=1S/C59H50N4O2.Cu/c1-29-22-32(4)50(33(5)23-29)56-42-15-14-41(60-42)54-39-13-20-48(64-10)38-12-21-49(65-11)55(53(38)39)40-28-47(63-59(40)54)58(52-36(8)26-31(3)27-37(52)9)46-19-18-45(62-46)57(44-17-16-43(56)61-44)51-34(6)24-30(2)25-35(51)7;/h12-28H,1-11H3;/q-2;+2. The molecule has 8 bridgehead atoms. The van der Waals surface area contributed by atoms with E-state index in [4.69, 9.17) is 29.4 Å². The van der Waals surface area contributed by atoms with Crippen LogP contribution in [0.15, 0.2) is 78.9 Å². The van der Waals surface area contributed by atoms with Gasteiger partial charge >= 0.3 is 17.1 Å². The Hall–Kier alpha value is -6.92. The van der Waals surface area contributed by atoms with Gasteiger partial charge in [0.05, 0.1) is 37.0 Å². The fourth-order valence-electron chi connectivity index (χ4n) is 11.3. The number of nitrogens with zero attached hydrogens (tertiary/aromatic N) is 4. The van der Waals surface area contributed by atoms with Crippen LogP contribution in [0.2, 0.25) is 0 Å². The molecule has 0 amide bonds. The van der Waals surface area contributed by atoms with E-state index < -0.39 is 0 Å². The number of rotatable bonds is 5. The summed E-state index contributed by atoms with van der Waals surface area (Å²) >= 11 is 0. The molecular formula is C59H50CuN4O2. The van der Waals surface area contributed by atoms with Gasteiger partial charge in [-0.3, -0.25) is 0 Å². The van der Waals surface area contributed by atoms with Gasteiger partial charge in [0, 0.05) is 16.2 Å².